The number of para-hydroxylation sites is 1. The van der Waals surface area contributed by atoms with Crippen molar-refractivity contribution in [3.8, 4) is 0 Å². The Morgan fingerprint density at radius 1 is 1.35 bits per heavy atom. The van der Waals surface area contributed by atoms with Crippen LogP contribution in [0.2, 0.25) is 0 Å². The van der Waals surface area contributed by atoms with Gasteiger partial charge in [-0.05, 0) is 31.4 Å². The summed E-state index contributed by atoms with van der Waals surface area (Å²) in [5.41, 5.74) is 3.01. The van der Waals surface area contributed by atoms with Crippen LogP contribution in [-0.2, 0) is 26.8 Å². The summed E-state index contributed by atoms with van der Waals surface area (Å²) in [6.07, 6.45) is 2.37. The Kier molecular flexibility index (Phi) is 6.88. The first-order valence-corrected chi connectivity index (χ1v) is 8.50. The summed E-state index contributed by atoms with van der Waals surface area (Å²) in [7, 11) is -1.16. The molecule has 0 spiro atoms. The molecule has 0 aliphatic rings. The maximum Gasteiger partial charge on any atom is 0.241 e. The molecule has 0 aliphatic carbocycles. The van der Waals surface area contributed by atoms with E-state index in [1.807, 2.05) is 32.0 Å². The van der Waals surface area contributed by atoms with Gasteiger partial charge < -0.3 is 4.74 Å². The van der Waals surface area contributed by atoms with Crippen molar-refractivity contribution in [3.63, 3.8) is 0 Å². The van der Waals surface area contributed by atoms with Gasteiger partial charge in [0.25, 0.3) is 0 Å². The molecule has 0 N–H and O–H groups in total. The number of carbonyl (C=O) groups is 1. The highest BCUT2D eigenvalue weighted by molar-refractivity contribution is 7.85. The number of rotatable bonds is 7. The van der Waals surface area contributed by atoms with Crippen molar-refractivity contribution < 1.29 is 13.7 Å². The maximum atomic E-state index is 12.3. The molecule has 0 aliphatic heterocycles. The molecule has 0 saturated carbocycles. The Labute approximate surface area is 123 Å². The average Bonchev–Trinajstić information content (AvgIpc) is 2.39. The third kappa shape index (κ3) is 4.42. The molecule has 0 aromatic heterocycles. The van der Waals surface area contributed by atoms with Gasteiger partial charge in [-0.2, -0.15) is 0 Å². The Hall–Kier alpha value is -1.20. The lowest BCUT2D eigenvalue weighted by Crippen LogP contribution is -2.37. The fourth-order valence-corrected chi connectivity index (χ4v) is 2.59. The van der Waals surface area contributed by atoms with E-state index in [0.29, 0.717) is 6.61 Å². The standard InChI is InChI=1S/C15H23NO3S/c1-5-13-9-7-8-12(3)15(13)16(11-19-6-2)14(17)10-20(4)18/h7-9H,5-6,10-11H2,1-4H3. The number of benzene rings is 1. The largest absolute Gasteiger partial charge is 0.361 e. The molecule has 0 saturated heterocycles. The topological polar surface area (TPSA) is 46.6 Å². The number of hydrogen-bond donors (Lipinski definition) is 0. The maximum absolute atomic E-state index is 12.3. The minimum Gasteiger partial charge on any atom is -0.361 e. The number of aryl methyl sites for hydroxylation is 2. The minimum absolute atomic E-state index is 0.0184. The van der Waals surface area contributed by atoms with Crippen LogP contribution in [0, 0.1) is 6.92 Å². The Balaban J connectivity index is 3.16. The fraction of sp³-hybridized carbons (Fsp3) is 0.533. The van der Waals surface area contributed by atoms with Crippen molar-refractivity contribution in [1.29, 1.82) is 0 Å². The lowest BCUT2D eigenvalue weighted by atomic mass is 10.0. The molecule has 1 aromatic rings. The van der Waals surface area contributed by atoms with Crippen molar-refractivity contribution in [2.24, 2.45) is 0 Å². The van der Waals surface area contributed by atoms with Crippen molar-refractivity contribution in [2.45, 2.75) is 27.2 Å². The fourth-order valence-electron chi connectivity index (χ4n) is 2.09. The zero-order valence-electron chi connectivity index (χ0n) is 12.6. The average molecular weight is 297 g/mol. The van der Waals surface area contributed by atoms with Crippen LogP contribution in [0.1, 0.15) is 25.0 Å². The molecule has 0 radical (unpaired) electrons. The summed E-state index contributed by atoms with van der Waals surface area (Å²) in [6.45, 7) is 6.65. The van der Waals surface area contributed by atoms with E-state index in [9.17, 15) is 9.00 Å². The highest BCUT2D eigenvalue weighted by atomic mass is 32.2. The Morgan fingerprint density at radius 2 is 2.05 bits per heavy atom. The third-order valence-corrected chi connectivity index (χ3v) is 3.68. The van der Waals surface area contributed by atoms with Gasteiger partial charge in [0.05, 0.1) is 5.69 Å². The van der Waals surface area contributed by atoms with E-state index in [1.165, 1.54) is 6.26 Å². The summed E-state index contributed by atoms with van der Waals surface area (Å²) in [6, 6.07) is 5.97. The van der Waals surface area contributed by atoms with Gasteiger partial charge in [0, 0.05) is 23.7 Å². The minimum atomic E-state index is -1.16. The van der Waals surface area contributed by atoms with Gasteiger partial charge >= 0.3 is 0 Å². The summed E-state index contributed by atoms with van der Waals surface area (Å²) in [5.74, 6) is -0.145. The molecule has 1 atom stereocenters. The van der Waals surface area contributed by atoms with Crippen molar-refractivity contribution >= 4 is 22.4 Å². The lowest BCUT2D eigenvalue weighted by molar-refractivity contribution is -0.117. The van der Waals surface area contributed by atoms with E-state index in [1.54, 1.807) is 4.90 Å². The van der Waals surface area contributed by atoms with Crippen LogP contribution in [0.3, 0.4) is 0 Å². The molecular formula is C15H23NO3S. The first kappa shape index (κ1) is 16.9. The molecule has 0 fully saturated rings. The van der Waals surface area contributed by atoms with Gasteiger partial charge in [-0.15, -0.1) is 0 Å². The molecule has 0 bridgehead atoms. The number of hydrogen-bond acceptors (Lipinski definition) is 3. The second-order valence-electron chi connectivity index (χ2n) is 4.60. The van der Waals surface area contributed by atoms with Crippen LogP contribution in [0.15, 0.2) is 18.2 Å². The van der Waals surface area contributed by atoms with Gasteiger partial charge in [-0.3, -0.25) is 13.9 Å². The second-order valence-corrected chi connectivity index (χ2v) is 6.03. The third-order valence-electron chi connectivity index (χ3n) is 3.02. The molecular weight excluding hydrogens is 274 g/mol. The Morgan fingerprint density at radius 3 is 2.60 bits per heavy atom. The molecule has 1 rings (SSSR count). The second kappa shape index (κ2) is 8.17. The number of ether oxygens (including phenoxy) is 1. The molecule has 1 aromatic carbocycles. The monoisotopic (exact) mass is 297 g/mol. The molecule has 112 valence electrons. The lowest BCUT2D eigenvalue weighted by Gasteiger charge is -2.26. The van der Waals surface area contributed by atoms with Gasteiger partial charge in [0.1, 0.15) is 12.5 Å². The number of anilines is 1. The van der Waals surface area contributed by atoms with E-state index in [2.05, 4.69) is 6.92 Å². The smallest absolute Gasteiger partial charge is 0.241 e. The van der Waals surface area contributed by atoms with Crippen LogP contribution >= 0.6 is 0 Å². The van der Waals surface area contributed by atoms with Crippen LogP contribution in [0.5, 0.6) is 0 Å². The molecule has 5 heteroatoms. The van der Waals surface area contributed by atoms with Crippen LogP contribution in [-0.4, -0.2) is 35.5 Å². The first-order chi connectivity index (χ1) is 9.51. The van der Waals surface area contributed by atoms with E-state index < -0.39 is 10.8 Å². The summed E-state index contributed by atoms with van der Waals surface area (Å²) in [4.78, 5) is 13.9. The molecule has 1 unspecified atom stereocenters. The Bertz CT molecular complexity index is 488. The zero-order chi connectivity index (χ0) is 15.1. The number of carbonyl (C=O) groups excluding carboxylic acids is 1. The van der Waals surface area contributed by atoms with Gasteiger partial charge in [-0.25, -0.2) is 0 Å². The van der Waals surface area contributed by atoms with Crippen LogP contribution < -0.4 is 4.90 Å². The summed E-state index contributed by atoms with van der Waals surface area (Å²) < 4.78 is 16.7. The van der Waals surface area contributed by atoms with Crippen molar-refractivity contribution in [1.82, 2.24) is 0 Å². The van der Waals surface area contributed by atoms with Crippen LogP contribution in [0.4, 0.5) is 5.69 Å². The zero-order valence-corrected chi connectivity index (χ0v) is 13.5. The molecule has 4 nitrogen and oxygen atoms in total. The predicted molar refractivity (Wildman–Crippen MR) is 83.5 cm³/mol. The molecule has 0 heterocycles. The predicted octanol–water partition coefficient (Wildman–Crippen LogP) is 2.26. The van der Waals surface area contributed by atoms with E-state index >= 15 is 0 Å². The summed E-state index contributed by atoms with van der Waals surface area (Å²) in [5, 5.41) is 0. The van der Waals surface area contributed by atoms with Crippen molar-refractivity contribution in [3.05, 3.63) is 29.3 Å². The summed E-state index contributed by atoms with van der Waals surface area (Å²) >= 11 is 0. The SMILES string of the molecule is CCOCN(C(=O)CS(C)=O)c1c(C)cccc1CC. The van der Waals surface area contributed by atoms with Gasteiger partial charge in [0.2, 0.25) is 5.91 Å². The van der Waals surface area contributed by atoms with E-state index in [-0.39, 0.29) is 18.4 Å². The number of amides is 1. The molecule has 20 heavy (non-hydrogen) atoms. The molecule has 1 amide bonds. The number of nitrogens with zero attached hydrogens (tertiary/aromatic N) is 1. The highest BCUT2D eigenvalue weighted by Crippen LogP contribution is 2.26. The quantitative estimate of drug-likeness (QED) is 0.725. The van der Waals surface area contributed by atoms with Crippen molar-refractivity contribution in [2.75, 3.05) is 30.2 Å². The van der Waals surface area contributed by atoms with Gasteiger partial charge in [-0.1, -0.05) is 25.1 Å². The van der Waals surface area contributed by atoms with E-state index in [0.717, 1.165) is 23.2 Å². The first-order valence-electron chi connectivity index (χ1n) is 6.77. The van der Waals surface area contributed by atoms with E-state index in [4.69, 9.17) is 4.74 Å². The normalized spacial score (nSPS) is 12.2. The highest BCUT2D eigenvalue weighted by Gasteiger charge is 2.21. The van der Waals surface area contributed by atoms with Crippen LogP contribution in [0.25, 0.3) is 0 Å². The van der Waals surface area contributed by atoms with Gasteiger partial charge in [0.15, 0.2) is 0 Å².